The molecule has 17 heavy (non-hydrogen) atoms. The van der Waals surface area contributed by atoms with E-state index in [4.69, 9.17) is 0 Å². The molecule has 0 aliphatic carbocycles. The summed E-state index contributed by atoms with van der Waals surface area (Å²) in [5.41, 5.74) is 1.32. The van der Waals surface area contributed by atoms with E-state index in [2.05, 4.69) is 42.3 Å². The Balaban J connectivity index is 0.00000144. The molecule has 1 fully saturated rings. The van der Waals surface area contributed by atoms with Crippen molar-refractivity contribution in [1.29, 1.82) is 0 Å². The van der Waals surface area contributed by atoms with Gasteiger partial charge in [0.05, 0.1) is 6.20 Å². The molecular weight excluding hydrogens is 236 g/mol. The Morgan fingerprint density at radius 1 is 1.53 bits per heavy atom. The Hall–Kier alpha value is -0.580. The zero-order valence-corrected chi connectivity index (χ0v) is 11.7. The van der Waals surface area contributed by atoms with Crippen molar-refractivity contribution in [1.82, 2.24) is 20.0 Å². The number of piperazine rings is 1. The Labute approximate surface area is 110 Å². The summed E-state index contributed by atoms with van der Waals surface area (Å²) in [5.74, 6) is 0. The SMILES string of the molecule is CC1CN(Cc2cnn(C(C)C)c2)CCN1.Cl. The van der Waals surface area contributed by atoms with Crippen molar-refractivity contribution < 1.29 is 0 Å². The average molecular weight is 259 g/mol. The minimum absolute atomic E-state index is 0. The van der Waals surface area contributed by atoms with Crippen LogP contribution in [0.15, 0.2) is 12.4 Å². The minimum atomic E-state index is 0. The van der Waals surface area contributed by atoms with Gasteiger partial charge in [-0.3, -0.25) is 9.58 Å². The molecule has 0 aromatic carbocycles. The molecule has 2 rings (SSSR count). The number of nitrogens with one attached hydrogen (secondary N) is 1. The second-order valence-corrected chi connectivity index (χ2v) is 5.01. The molecule has 0 bridgehead atoms. The normalized spacial score (nSPS) is 21.5. The van der Waals surface area contributed by atoms with Crippen molar-refractivity contribution in [2.45, 2.75) is 39.4 Å². The number of hydrogen-bond acceptors (Lipinski definition) is 3. The second kappa shape index (κ2) is 6.38. The molecule has 1 aliphatic heterocycles. The monoisotopic (exact) mass is 258 g/mol. The van der Waals surface area contributed by atoms with E-state index in [0.717, 1.165) is 26.2 Å². The predicted molar refractivity (Wildman–Crippen MR) is 72.6 cm³/mol. The van der Waals surface area contributed by atoms with Crippen LogP contribution in [0.1, 0.15) is 32.4 Å². The van der Waals surface area contributed by atoms with Crippen molar-refractivity contribution in [3.8, 4) is 0 Å². The molecule has 4 nitrogen and oxygen atoms in total. The van der Waals surface area contributed by atoms with Crippen LogP contribution in [0.3, 0.4) is 0 Å². The van der Waals surface area contributed by atoms with Gasteiger partial charge in [0, 0.05) is 50.0 Å². The quantitative estimate of drug-likeness (QED) is 0.896. The van der Waals surface area contributed by atoms with Crippen molar-refractivity contribution in [3.63, 3.8) is 0 Å². The van der Waals surface area contributed by atoms with Gasteiger partial charge in [-0.25, -0.2) is 0 Å². The lowest BCUT2D eigenvalue weighted by molar-refractivity contribution is 0.199. The molecule has 0 saturated carbocycles. The number of halogens is 1. The van der Waals surface area contributed by atoms with Crippen molar-refractivity contribution in [2.75, 3.05) is 19.6 Å². The molecule has 0 radical (unpaired) electrons. The van der Waals surface area contributed by atoms with Crippen molar-refractivity contribution >= 4 is 12.4 Å². The second-order valence-electron chi connectivity index (χ2n) is 5.01. The molecule has 0 amide bonds. The Morgan fingerprint density at radius 2 is 2.29 bits per heavy atom. The van der Waals surface area contributed by atoms with Crippen LogP contribution < -0.4 is 5.32 Å². The standard InChI is InChI=1S/C12H22N4.ClH/c1-10(2)16-9-12(6-14-16)8-15-5-4-13-11(3)7-15;/h6,9-11,13H,4-5,7-8H2,1-3H3;1H. The summed E-state index contributed by atoms with van der Waals surface area (Å²) in [6.07, 6.45) is 4.16. The van der Waals surface area contributed by atoms with Crippen molar-refractivity contribution in [3.05, 3.63) is 18.0 Å². The maximum Gasteiger partial charge on any atom is 0.0534 e. The van der Waals surface area contributed by atoms with Gasteiger partial charge in [-0.05, 0) is 20.8 Å². The van der Waals surface area contributed by atoms with Crippen LogP contribution in [0.2, 0.25) is 0 Å². The predicted octanol–water partition coefficient (Wildman–Crippen LogP) is 1.68. The molecule has 1 N–H and O–H groups in total. The molecule has 1 aromatic heterocycles. The molecule has 98 valence electrons. The van der Waals surface area contributed by atoms with Gasteiger partial charge in [-0.2, -0.15) is 5.10 Å². The molecular formula is C12H23ClN4. The van der Waals surface area contributed by atoms with Crippen LogP contribution in [0.4, 0.5) is 0 Å². The fourth-order valence-corrected chi connectivity index (χ4v) is 2.16. The summed E-state index contributed by atoms with van der Waals surface area (Å²) in [7, 11) is 0. The van der Waals surface area contributed by atoms with Gasteiger partial charge in [0.1, 0.15) is 0 Å². The highest BCUT2D eigenvalue weighted by Crippen LogP contribution is 2.09. The molecule has 1 saturated heterocycles. The lowest BCUT2D eigenvalue weighted by atomic mass is 10.2. The van der Waals surface area contributed by atoms with Gasteiger partial charge in [0.2, 0.25) is 0 Å². The Kier molecular flexibility index (Phi) is 5.43. The molecule has 2 heterocycles. The van der Waals surface area contributed by atoms with Crippen molar-refractivity contribution in [2.24, 2.45) is 0 Å². The Bertz CT molecular complexity index is 337. The first-order chi connectivity index (χ1) is 7.65. The van der Waals surface area contributed by atoms with E-state index < -0.39 is 0 Å². The highest BCUT2D eigenvalue weighted by Gasteiger charge is 2.16. The van der Waals surface area contributed by atoms with Crippen LogP contribution in [-0.2, 0) is 6.54 Å². The van der Waals surface area contributed by atoms with Crippen LogP contribution in [0.5, 0.6) is 0 Å². The van der Waals surface area contributed by atoms with E-state index in [-0.39, 0.29) is 12.4 Å². The molecule has 5 heteroatoms. The molecule has 1 aliphatic rings. The number of nitrogens with zero attached hydrogens (tertiary/aromatic N) is 3. The van der Waals surface area contributed by atoms with Crippen LogP contribution in [-0.4, -0.2) is 40.4 Å². The van der Waals surface area contributed by atoms with E-state index >= 15 is 0 Å². The topological polar surface area (TPSA) is 33.1 Å². The summed E-state index contributed by atoms with van der Waals surface area (Å²) < 4.78 is 2.03. The first kappa shape index (κ1) is 14.5. The van der Waals surface area contributed by atoms with E-state index in [1.807, 2.05) is 10.9 Å². The fraction of sp³-hybridized carbons (Fsp3) is 0.750. The number of rotatable bonds is 3. The largest absolute Gasteiger partial charge is 0.312 e. The third-order valence-electron chi connectivity index (χ3n) is 3.04. The Morgan fingerprint density at radius 3 is 2.88 bits per heavy atom. The highest BCUT2D eigenvalue weighted by molar-refractivity contribution is 5.85. The lowest BCUT2D eigenvalue weighted by Crippen LogP contribution is -2.48. The third-order valence-corrected chi connectivity index (χ3v) is 3.04. The fourth-order valence-electron chi connectivity index (χ4n) is 2.16. The summed E-state index contributed by atoms with van der Waals surface area (Å²) in [5, 5.41) is 7.83. The first-order valence-electron chi connectivity index (χ1n) is 6.14. The zero-order chi connectivity index (χ0) is 11.5. The van der Waals surface area contributed by atoms with Gasteiger partial charge in [0.25, 0.3) is 0 Å². The van der Waals surface area contributed by atoms with Gasteiger partial charge in [-0.15, -0.1) is 12.4 Å². The number of aromatic nitrogens is 2. The summed E-state index contributed by atoms with van der Waals surface area (Å²) in [4.78, 5) is 2.49. The molecule has 1 aromatic rings. The average Bonchev–Trinajstić information content (AvgIpc) is 2.66. The van der Waals surface area contributed by atoms with E-state index in [1.54, 1.807) is 0 Å². The lowest BCUT2D eigenvalue weighted by Gasteiger charge is -2.31. The summed E-state index contributed by atoms with van der Waals surface area (Å²) in [6, 6.07) is 1.06. The summed E-state index contributed by atoms with van der Waals surface area (Å²) >= 11 is 0. The molecule has 0 spiro atoms. The van der Waals surface area contributed by atoms with Gasteiger partial charge >= 0.3 is 0 Å². The van der Waals surface area contributed by atoms with E-state index in [0.29, 0.717) is 12.1 Å². The smallest absolute Gasteiger partial charge is 0.0534 e. The van der Waals surface area contributed by atoms with Crippen LogP contribution in [0.25, 0.3) is 0 Å². The maximum absolute atomic E-state index is 4.37. The maximum atomic E-state index is 4.37. The highest BCUT2D eigenvalue weighted by atomic mass is 35.5. The van der Waals surface area contributed by atoms with Crippen LogP contribution >= 0.6 is 12.4 Å². The first-order valence-corrected chi connectivity index (χ1v) is 6.14. The summed E-state index contributed by atoms with van der Waals surface area (Å²) in [6.45, 7) is 10.9. The van der Waals surface area contributed by atoms with Gasteiger partial charge in [-0.1, -0.05) is 0 Å². The van der Waals surface area contributed by atoms with E-state index in [9.17, 15) is 0 Å². The van der Waals surface area contributed by atoms with E-state index in [1.165, 1.54) is 5.56 Å². The number of hydrogen-bond donors (Lipinski definition) is 1. The third kappa shape index (κ3) is 3.98. The molecule has 1 unspecified atom stereocenters. The zero-order valence-electron chi connectivity index (χ0n) is 10.9. The minimum Gasteiger partial charge on any atom is -0.312 e. The molecule has 1 atom stereocenters. The van der Waals surface area contributed by atoms with Gasteiger partial charge < -0.3 is 5.32 Å². The van der Waals surface area contributed by atoms with Gasteiger partial charge in [0.15, 0.2) is 0 Å². The van der Waals surface area contributed by atoms with Crippen LogP contribution in [0, 0.1) is 0 Å².